The van der Waals surface area contributed by atoms with Crippen molar-refractivity contribution in [3.63, 3.8) is 0 Å². The van der Waals surface area contributed by atoms with Gasteiger partial charge in [0, 0.05) is 18.6 Å². The van der Waals surface area contributed by atoms with Crippen molar-refractivity contribution in [3.8, 4) is 0 Å². The van der Waals surface area contributed by atoms with E-state index in [1.165, 1.54) is 16.7 Å². The molecule has 140 valence electrons. The minimum Gasteiger partial charge on any atom is -0.376 e. The summed E-state index contributed by atoms with van der Waals surface area (Å²) < 4.78 is 7.53. The van der Waals surface area contributed by atoms with Gasteiger partial charge in [0.15, 0.2) is 10.8 Å². The lowest BCUT2D eigenvalue weighted by molar-refractivity contribution is 0.0937. The monoisotopic (exact) mass is 381 g/mol. The molecule has 0 bridgehead atoms. The van der Waals surface area contributed by atoms with Crippen molar-refractivity contribution >= 4 is 22.8 Å². The number of fused-ring (bicyclic) bond motifs is 1. The molecule has 0 saturated carbocycles. The van der Waals surface area contributed by atoms with Gasteiger partial charge < -0.3 is 4.74 Å². The number of hydrogen-bond acceptors (Lipinski definition) is 5. The van der Waals surface area contributed by atoms with E-state index in [0.717, 1.165) is 25.2 Å². The number of aryl methyl sites for hydroxylation is 2. The standard InChI is InChI=1S/C21H23N3O2S/c1-14-9-15(2)11-16(10-14)13-27-21-23-19-18(6-3-7-22-19)20(25)24(21)12-17-5-4-8-26-17/h3,6-7,9-11,17H,4-5,8,12-13H2,1-2H3. The molecule has 1 fully saturated rings. The number of aromatic nitrogens is 3. The fraction of sp³-hybridized carbons (Fsp3) is 0.381. The first-order chi connectivity index (χ1) is 13.1. The molecule has 1 atom stereocenters. The summed E-state index contributed by atoms with van der Waals surface area (Å²) in [5.41, 5.74) is 4.20. The Morgan fingerprint density at radius 3 is 2.81 bits per heavy atom. The highest BCUT2D eigenvalue weighted by Gasteiger charge is 2.20. The molecule has 0 N–H and O–H groups in total. The summed E-state index contributed by atoms with van der Waals surface area (Å²) >= 11 is 1.59. The first-order valence-corrected chi connectivity index (χ1v) is 10.3. The van der Waals surface area contributed by atoms with E-state index in [-0.39, 0.29) is 11.7 Å². The quantitative estimate of drug-likeness (QED) is 0.496. The molecule has 6 heteroatoms. The molecule has 0 spiro atoms. The predicted molar refractivity (Wildman–Crippen MR) is 108 cm³/mol. The first-order valence-electron chi connectivity index (χ1n) is 9.27. The summed E-state index contributed by atoms with van der Waals surface area (Å²) in [6, 6.07) is 10.1. The number of pyridine rings is 1. The fourth-order valence-corrected chi connectivity index (χ4v) is 4.53. The summed E-state index contributed by atoms with van der Waals surface area (Å²) in [4.78, 5) is 22.1. The zero-order valence-corrected chi connectivity index (χ0v) is 16.5. The molecule has 0 aliphatic carbocycles. The van der Waals surface area contributed by atoms with Gasteiger partial charge in [0.2, 0.25) is 0 Å². The molecule has 3 aromatic rings. The second-order valence-electron chi connectivity index (χ2n) is 7.10. The molecule has 1 aliphatic rings. The van der Waals surface area contributed by atoms with Crippen LogP contribution < -0.4 is 5.56 Å². The summed E-state index contributed by atoms with van der Waals surface area (Å²) in [5, 5.41) is 1.27. The van der Waals surface area contributed by atoms with Gasteiger partial charge in [0.1, 0.15) is 0 Å². The summed E-state index contributed by atoms with van der Waals surface area (Å²) in [6.45, 7) is 5.53. The SMILES string of the molecule is Cc1cc(C)cc(CSc2nc3ncccc3c(=O)n2CC2CCCO2)c1. The van der Waals surface area contributed by atoms with Crippen molar-refractivity contribution in [1.82, 2.24) is 14.5 Å². The van der Waals surface area contributed by atoms with Crippen LogP contribution in [0.5, 0.6) is 0 Å². The maximum absolute atomic E-state index is 13.1. The van der Waals surface area contributed by atoms with Crippen LogP contribution >= 0.6 is 11.8 Å². The average molecular weight is 382 g/mol. The van der Waals surface area contributed by atoms with Gasteiger partial charge in [-0.2, -0.15) is 0 Å². The van der Waals surface area contributed by atoms with Crippen LogP contribution in [-0.4, -0.2) is 27.2 Å². The van der Waals surface area contributed by atoms with E-state index in [2.05, 4.69) is 37.0 Å². The van der Waals surface area contributed by atoms with Crippen LogP contribution in [0.3, 0.4) is 0 Å². The van der Waals surface area contributed by atoms with E-state index in [9.17, 15) is 4.79 Å². The Labute approximate surface area is 162 Å². The molecule has 4 rings (SSSR count). The number of hydrogen-bond donors (Lipinski definition) is 0. The topological polar surface area (TPSA) is 57.0 Å². The van der Waals surface area contributed by atoms with Crippen LogP contribution in [-0.2, 0) is 17.0 Å². The Kier molecular flexibility index (Phi) is 5.27. The summed E-state index contributed by atoms with van der Waals surface area (Å²) in [6.07, 6.45) is 3.79. The number of ether oxygens (including phenoxy) is 1. The second kappa shape index (κ2) is 7.82. The zero-order chi connectivity index (χ0) is 18.8. The minimum absolute atomic E-state index is 0.0356. The molecule has 2 aromatic heterocycles. The van der Waals surface area contributed by atoms with Crippen molar-refractivity contribution in [1.29, 1.82) is 0 Å². The Bertz CT molecular complexity index is 1010. The van der Waals surface area contributed by atoms with Gasteiger partial charge in [-0.15, -0.1) is 0 Å². The lowest BCUT2D eigenvalue weighted by Crippen LogP contribution is -2.29. The molecule has 5 nitrogen and oxygen atoms in total. The third-order valence-corrected chi connectivity index (χ3v) is 5.80. The van der Waals surface area contributed by atoms with Gasteiger partial charge in [-0.25, -0.2) is 9.97 Å². The Morgan fingerprint density at radius 1 is 1.26 bits per heavy atom. The predicted octanol–water partition coefficient (Wildman–Crippen LogP) is 3.88. The molecule has 27 heavy (non-hydrogen) atoms. The van der Waals surface area contributed by atoms with E-state index < -0.39 is 0 Å². The number of nitrogens with zero attached hydrogens (tertiary/aromatic N) is 3. The Hall–Kier alpha value is -2.18. The van der Waals surface area contributed by atoms with Gasteiger partial charge in [-0.1, -0.05) is 41.1 Å². The molecule has 1 aromatic carbocycles. The van der Waals surface area contributed by atoms with Crippen molar-refractivity contribution in [3.05, 3.63) is 63.6 Å². The smallest absolute Gasteiger partial charge is 0.263 e. The van der Waals surface area contributed by atoms with Crippen LogP contribution in [0.25, 0.3) is 11.0 Å². The normalized spacial score (nSPS) is 16.9. The third kappa shape index (κ3) is 4.06. The maximum Gasteiger partial charge on any atom is 0.263 e. The van der Waals surface area contributed by atoms with Crippen LogP contribution in [0, 0.1) is 13.8 Å². The Balaban J connectivity index is 1.69. The van der Waals surface area contributed by atoms with Crippen LogP contribution in [0.1, 0.15) is 29.5 Å². The summed E-state index contributed by atoms with van der Waals surface area (Å²) in [5.74, 6) is 0.763. The molecular formula is C21H23N3O2S. The van der Waals surface area contributed by atoms with E-state index in [4.69, 9.17) is 9.72 Å². The van der Waals surface area contributed by atoms with Gasteiger partial charge >= 0.3 is 0 Å². The summed E-state index contributed by atoms with van der Waals surface area (Å²) in [7, 11) is 0. The fourth-order valence-electron chi connectivity index (χ4n) is 3.60. The van der Waals surface area contributed by atoms with Crippen molar-refractivity contribution < 1.29 is 4.74 Å². The van der Waals surface area contributed by atoms with Crippen LogP contribution in [0.15, 0.2) is 46.5 Å². The average Bonchev–Trinajstić information content (AvgIpc) is 3.15. The van der Waals surface area contributed by atoms with Gasteiger partial charge in [0.05, 0.1) is 18.0 Å². The largest absolute Gasteiger partial charge is 0.376 e. The van der Waals surface area contributed by atoms with Gasteiger partial charge in [-0.05, 0) is 44.4 Å². The van der Waals surface area contributed by atoms with Crippen molar-refractivity contribution in [2.24, 2.45) is 0 Å². The Morgan fingerprint density at radius 2 is 2.07 bits per heavy atom. The maximum atomic E-state index is 13.1. The highest BCUT2D eigenvalue weighted by molar-refractivity contribution is 7.98. The zero-order valence-electron chi connectivity index (χ0n) is 15.6. The third-order valence-electron chi connectivity index (χ3n) is 4.75. The van der Waals surface area contributed by atoms with Crippen LogP contribution in [0.4, 0.5) is 0 Å². The van der Waals surface area contributed by atoms with Gasteiger partial charge in [-0.3, -0.25) is 9.36 Å². The molecular weight excluding hydrogens is 358 g/mol. The highest BCUT2D eigenvalue weighted by atomic mass is 32.2. The van der Waals surface area contributed by atoms with Crippen LogP contribution in [0.2, 0.25) is 0 Å². The second-order valence-corrected chi connectivity index (χ2v) is 8.05. The lowest BCUT2D eigenvalue weighted by Gasteiger charge is -2.16. The molecule has 1 saturated heterocycles. The lowest BCUT2D eigenvalue weighted by atomic mass is 10.1. The molecule has 0 radical (unpaired) electrons. The minimum atomic E-state index is -0.0356. The van der Waals surface area contributed by atoms with E-state index in [1.807, 2.05) is 0 Å². The molecule has 3 heterocycles. The van der Waals surface area contributed by atoms with E-state index in [0.29, 0.717) is 22.7 Å². The molecule has 1 unspecified atom stereocenters. The highest BCUT2D eigenvalue weighted by Crippen LogP contribution is 2.24. The van der Waals surface area contributed by atoms with Crippen molar-refractivity contribution in [2.45, 2.75) is 50.2 Å². The number of rotatable bonds is 5. The van der Waals surface area contributed by atoms with Crippen molar-refractivity contribution in [2.75, 3.05) is 6.61 Å². The first kappa shape index (κ1) is 18.2. The number of thioether (sulfide) groups is 1. The number of benzene rings is 1. The van der Waals surface area contributed by atoms with E-state index >= 15 is 0 Å². The van der Waals surface area contributed by atoms with E-state index in [1.54, 1.807) is 34.7 Å². The van der Waals surface area contributed by atoms with Gasteiger partial charge in [0.25, 0.3) is 5.56 Å². The molecule has 1 aliphatic heterocycles. The molecule has 0 amide bonds.